The van der Waals surface area contributed by atoms with Crippen LogP contribution in [0, 0.1) is 5.92 Å². The number of nitrogens with one attached hydrogen (secondary N) is 1. The fourth-order valence-corrected chi connectivity index (χ4v) is 3.32. The second-order valence-electron chi connectivity index (χ2n) is 7.55. The maximum absolute atomic E-state index is 12.6. The van der Waals surface area contributed by atoms with Gasteiger partial charge in [0, 0.05) is 50.0 Å². The van der Waals surface area contributed by atoms with Crippen molar-refractivity contribution in [2.24, 2.45) is 5.92 Å². The minimum atomic E-state index is -0.135. The molecule has 2 amide bonds. The topological polar surface area (TPSA) is 52.7 Å². The van der Waals surface area contributed by atoms with Crippen LogP contribution in [0.3, 0.4) is 0 Å². The van der Waals surface area contributed by atoms with Gasteiger partial charge in [-0.2, -0.15) is 0 Å². The Morgan fingerprint density at radius 3 is 2.56 bits per heavy atom. The molecule has 27 heavy (non-hydrogen) atoms. The monoisotopic (exact) mass is 365 g/mol. The molecule has 0 radical (unpaired) electrons. The first-order valence-electron chi connectivity index (χ1n) is 9.34. The first-order valence-corrected chi connectivity index (χ1v) is 9.34. The highest BCUT2D eigenvalue weighted by molar-refractivity contribution is 6.04. The molecule has 2 aromatic rings. The van der Waals surface area contributed by atoms with Crippen LogP contribution < -0.4 is 10.2 Å². The Morgan fingerprint density at radius 1 is 1.07 bits per heavy atom. The van der Waals surface area contributed by atoms with E-state index in [1.165, 1.54) is 5.56 Å². The molecule has 0 saturated carbocycles. The van der Waals surface area contributed by atoms with Gasteiger partial charge in [-0.25, -0.2) is 0 Å². The average molecular weight is 365 g/mol. The summed E-state index contributed by atoms with van der Waals surface area (Å²) in [7, 11) is 3.90. The van der Waals surface area contributed by atoms with Crippen LogP contribution in [0.4, 0.5) is 11.4 Å². The zero-order valence-corrected chi connectivity index (χ0v) is 16.5. The molecule has 0 aromatic heterocycles. The molecular weight excluding hydrogens is 338 g/mol. The second-order valence-corrected chi connectivity index (χ2v) is 7.55. The maximum atomic E-state index is 12.6. The van der Waals surface area contributed by atoms with Crippen molar-refractivity contribution in [2.45, 2.75) is 26.8 Å². The van der Waals surface area contributed by atoms with Gasteiger partial charge < -0.3 is 15.1 Å². The molecule has 0 atom stereocenters. The summed E-state index contributed by atoms with van der Waals surface area (Å²) < 4.78 is 0. The van der Waals surface area contributed by atoms with Gasteiger partial charge in [-0.15, -0.1) is 0 Å². The molecule has 1 heterocycles. The van der Waals surface area contributed by atoms with Gasteiger partial charge in [-0.05, 0) is 47.9 Å². The minimum Gasteiger partial charge on any atom is -0.378 e. The summed E-state index contributed by atoms with van der Waals surface area (Å²) in [6, 6.07) is 13.5. The predicted octanol–water partition coefficient (Wildman–Crippen LogP) is 3.55. The Hall–Kier alpha value is -2.82. The van der Waals surface area contributed by atoms with Crippen LogP contribution in [0.5, 0.6) is 0 Å². The lowest BCUT2D eigenvalue weighted by Crippen LogP contribution is -2.38. The number of carbonyl (C=O) groups excluding carboxylic acids is 2. The number of anilines is 2. The van der Waals surface area contributed by atoms with E-state index < -0.39 is 0 Å². The first-order chi connectivity index (χ1) is 12.8. The molecule has 5 nitrogen and oxygen atoms in total. The van der Waals surface area contributed by atoms with E-state index >= 15 is 0 Å². The number of hydrogen-bond acceptors (Lipinski definition) is 3. The van der Waals surface area contributed by atoms with Crippen molar-refractivity contribution in [3.8, 4) is 0 Å². The summed E-state index contributed by atoms with van der Waals surface area (Å²) in [5.41, 5.74) is 4.71. The molecule has 3 rings (SSSR count). The quantitative estimate of drug-likeness (QED) is 0.902. The Kier molecular flexibility index (Phi) is 5.49. The number of benzene rings is 2. The van der Waals surface area contributed by atoms with Gasteiger partial charge in [-0.1, -0.05) is 26.0 Å². The van der Waals surface area contributed by atoms with E-state index in [2.05, 4.69) is 11.4 Å². The fraction of sp³-hybridized carbons (Fsp3) is 0.364. The normalized spacial score (nSPS) is 13.3. The van der Waals surface area contributed by atoms with Gasteiger partial charge >= 0.3 is 0 Å². The lowest BCUT2D eigenvalue weighted by Gasteiger charge is -2.30. The number of fused-ring (bicyclic) bond motifs is 1. The van der Waals surface area contributed by atoms with E-state index in [0.29, 0.717) is 12.1 Å². The van der Waals surface area contributed by atoms with Crippen molar-refractivity contribution in [3.05, 3.63) is 59.2 Å². The molecule has 1 aliphatic rings. The Balaban J connectivity index is 1.76. The third-order valence-corrected chi connectivity index (χ3v) is 4.91. The number of carbonyl (C=O) groups is 2. The van der Waals surface area contributed by atoms with Gasteiger partial charge in [0.05, 0.1) is 0 Å². The van der Waals surface area contributed by atoms with E-state index in [9.17, 15) is 9.59 Å². The highest BCUT2D eigenvalue weighted by atomic mass is 16.2. The molecule has 0 fully saturated rings. The largest absolute Gasteiger partial charge is 0.378 e. The van der Waals surface area contributed by atoms with Crippen molar-refractivity contribution >= 4 is 23.2 Å². The van der Waals surface area contributed by atoms with Crippen molar-refractivity contribution in [1.82, 2.24) is 4.90 Å². The molecule has 0 bridgehead atoms. The number of rotatable bonds is 4. The Labute approximate surface area is 161 Å². The van der Waals surface area contributed by atoms with E-state index in [1.54, 1.807) is 0 Å². The molecule has 0 aliphatic carbocycles. The standard InChI is InChI=1S/C22H27N3O2/c1-15(2)22(27)25-11-10-16-8-9-19(12-18(16)14-25)23-21(26)17-6-5-7-20(13-17)24(3)4/h5-9,12-13,15H,10-11,14H2,1-4H3,(H,23,26). The summed E-state index contributed by atoms with van der Waals surface area (Å²) in [6.07, 6.45) is 0.854. The van der Waals surface area contributed by atoms with E-state index in [0.717, 1.165) is 29.9 Å². The maximum Gasteiger partial charge on any atom is 0.255 e. The van der Waals surface area contributed by atoms with Crippen LogP contribution in [-0.2, 0) is 17.8 Å². The summed E-state index contributed by atoms with van der Waals surface area (Å²) in [4.78, 5) is 28.8. The molecule has 0 spiro atoms. The van der Waals surface area contributed by atoms with Gasteiger partial charge in [0.1, 0.15) is 0 Å². The van der Waals surface area contributed by atoms with Gasteiger partial charge in [0.25, 0.3) is 5.91 Å². The fourth-order valence-electron chi connectivity index (χ4n) is 3.32. The highest BCUT2D eigenvalue weighted by Crippen LogP contribution is 2.24. The minimum absolute atomic E-state index is 0.00147. The zero-order chi connectivity index (χ0) is 19.6. The van der Waals surface area contributed by atoms with Gasteiger partial charge in [-0.3, -0.25) is 9.59 Å². The molecule has 0 saturated heterocycles. The molecular formula is C22H27N3O2. The number of hydrogen-bond donors (Lipinski definition) is 1. The summed E-state index contributed by atoms with van der Waals surface area (Å²) in [6.45, 7) is 5.21. The van der Waals surface area contributed by atoms with Crippen LogP contribution in [0.15, 0.2) is 42.5 Å². The van der Waals surface area contributed by atoms with Gasteiger partial charge in [0.2, 0.25) is 5.91 Å². The molecule has 5 heteroatoms. The van der Waals surface area contributed by atoms with Crippen molar-refractivity contribution in [2.75, 3.05) is 30.9 Å². The average Bonchev–Trinajstić information content (AvgIpc) is 2.66. The first kappa shape index (κ1) is 19.0. The molecule has 1 N–H and O–H groups in total. The van der Waals surface area contributed by atoms with Crippen molar-refractivity contribution in [3.63, 3.8) is 0 Å². The zero-order valence-electron chi connectivity index (χ0n) is 16.5. The summed E-state index contributed by atoms with van der Waals surface area (Å²) in [5, 5.41) is 2.98. The molecule has 1 aliphatic heterocycles. The second kappa shape index (κ2) is 7.82. The van der Waals surface area contributed by atoms with Crippen LogP contribution >= 0.6 is 0 Å². The molecule has 142 valence electrons. The predicted molar refractivity (Wildman–Crippen MR) is 109 cm³/mol. The van der Waals surface area contributed by atoms with Crippen LogP contribution in [0.2, 0.25) is 0 Å². The van der Waals surface area contributed by atoms with Gasteiger partial charge in [0.15, 0.2) is 0 Å². The van der Waals surface area contributed by atoms with Crippen molar-refractivity contribution < 1.29 is 9.59 Å². The Morgan fingerprint density at radius 2 is 1.85 bits per heavy atom. The van der Waals surface area contributed by atoms with E-state index in [-0.39, 0.29) is 17.7 Å². The number of nitrogens with zero attached hydrogens (tertiary/aromatic N) is 2. The Bertz CT molecular complexity index is 858. The van der Waals surface area contributed by atoms with Crippen LogP contribution in [-0.4, -0.2) is 37.4 Å². The third-order valence-electron chi connectivity index (χ3n) is 4.91. The SMILES string of the molecule is CC(C)C(=O)N1CCc2ccc(NC(=O)c3cccc(N(C)C)c3)cc2C1. The lowest BCUT2D eigenvalue weighted by atomic mass is 9.98. The molecule has 2 aromatic carbocycles. The number of amides is 2. The highest BCUT2D eigenvalue weighted by Gasteiger charge is 2.22. The van der Waals surface area contributed by atoms with Crippen LogP contribution in [0.1, 0.15) is 35.3 Å². The summed E-state index contributed by atoms with van der Waals surface area (Å²) in [5.74, 6) is 0.0403. The lowest BCUT2D eigenvalue weighted by molar-refractivity contribution is -0.135. The van der Waals surface area contributed by atoms with E-state index in [1.807, 2.05) is 74.1 Å². The van der Waals surface area contributed by atoms with E-state index in [4.69, 9.17) is 0 Å². The van der Waals surface area contributed by atoms with Crippen LogP contribution in [0.25, 0.3) is 0 Å². The van der Waals surface area contributed by atoms with Crippen molar-refractivity contribution in [1.29, 1.82) is 0 Å². The smallest absolute Gasteiger partial charge is 0.255 e. The third kappa shape index (κ3) is 4.30. The summed E-state index contributed by atoms with van der Waals surface area (Å²) >= 11 is 0. The molecule has 0 unspecified atom stereocenters.